The van der Waals surface area contributed by atoms with E-state index in [1.165, 1.54) is 25.0 Å². The van der Waals surface area contributed by atoms with Crippen molar-refractivity contribution in [3.8, 4) is 0 Å². The summed E-state index contributed by atoms with van der Waals surface area (Å²) in [5, 5.41) is 0. The van der Waals surface area contributed by atoms with Gasteiger partial charge in [-0.3, -0.25) is 0 Å². The molecule has 0 aromatic heterocycles. The second kappa shape index (κ2) is 6.41. The molecular formula is C17H26F2N2. The minimum atomic E-state index is -0.564. The lowest BCUT2D eigenvalue weighted by Crippen LogP contribution is -2.40. The van der Waals surface area contributed by atoms with Crippen LogP contribution in [-0.2, 0) is 0 Å². The van der Waals surface area contributed by atoms with Crippen LogP contribution < -0.4 is 5.73 Å². The maximum atomic E-state index is 13.8. The van der Waals surface area contributed by atoms with Gasteiger partial charge in [-0.25, -0.2) is 8.78 Å². The van der Waals surface area contributed by atoms with Gasteiger partial charge in [0.1, 0.15) is 11.6 Å². The Labute approximate surface area is 126 Å². The summed E-state index contributed by atoms with van der Waals surface area (Å²) in [6.45, 7) is 5.21. The first-order valence-corrected chi connectivity index (χ1v) is 7.69. The van der Waals surface area contributed by atoms with E-state index in [4.69, 9.17) is 5.73 Å². The molecule has 0 bridgehead atoms. The van der Waals surface area contributed by atoms with Gasteiger partial charge < -0.3 is 10.6 Å². The van der Waals surface area contributed by atoms with Gasteiger partial charge >= 0.3 is 0 Å². The van der Waals surface area contributed by atoms with Crippen molar-refractivity contribution < 1.29 is 8.78 Å². The van der Waals surface area contributed by atoms with Crippen LogP contribution in [0.25, 0.3) is 0 Å². The van der Waals surface area contributed by atoms with Gasteiger partial charge in [-0.2, -0.15) is 0 Å². The van der Waals surface area contributed by atoms with Gasteiger partial charge in [-0.05, 0) is 44.2 Å². The summed E-state index contributed by atoms with van der Waals surface area (Å²) in [6.07, 6.45) is 4.73. The fourth-order valence-corrected chi connectivity index (χ4v) is 3.18. The van der Waals surface area contributed by atoms with Crippen LogP contribution in [0, 0.1) is 17.0 Å². The third-order valence-electron chi connectivity index (χ3n) is 4.78. The van der Waals surface area contributed by atoms with Crippen LogP contribution in [-0.4, -0.2) is 24.5 Å². The van der Waals surface area contributed by atoms with Crippen LogP contribution in [0.5, 0.6) is 0 Å². The fourth-order valence-electron chi connectivity index (χ4n) is 3.18. The molecule has 1 atom stereocenters. The molecule has 2 rings (SSSR count). The lowest BCUT2D eigenvalue weighted by molar-refractivity contribution is 0.122. The average Bonchev–Trinajstić information content (AvgIpc) is 2.38. The number of nitrogens with zero attached hydrogens (tertiary/aromatic N) is 1. The molecule has 1 unspecified atom stereocenters. The molecule has 1 aliphatic rings. The number of hydrogen-bond acceptors (Lipinski definition) is 2. The van der Waals surface area contributed by atoms with Crippen molar-refractivity contribution in [1.29, 1.82) is 0 Å². The quantitative estimate of drug-likeness (QED) is 0.914. The number of rotatable bonds is 4. The molecular weight excluding hydrogens is 270 g/mol. The second-order valence-corrected chi connectivity index (χ2v) is 7.11. The minimum Gasteiger partial charge on any atom is -0.323 e. The molecule has 0 heterocycles. The smallest absolute Gasteiger partial charge is 0.130 e. The molecule has 0 amide bonds. The second-order valence-electron chi connectivity index (χ2n) is 7.11. The van der Waals surface area contributed by atoms with Crippen molar-refractivity contribution in [1.82, 2.24) is 4.90 Å². The highest BCUT2D eigenvalue weighted by molar-refractivity contribution is 5.22. The van der Waals surface area contributed by atoms with E-state index < -0.39 is 17.7 Å². The summed E-state index contributed by atoms with van der Waals surface area (Å²) < 4.78 is 26.7. The topological polar surface area (TPSA) is 29.3 Å². The number of likely N-dealkylation sites (N-methyl/N-ethyl adjacent to an activating group) is 1. The molecule has 4 heteroatoms. The molecule has 1 aliphatic carbocycles. The zero-order chi connectivity index (χ0) is 15.6. The van der Waals surface area contributed by atoms with E-state index in [0.717, 1.165) is 18.9 Å². The molecule has 118 valence electrons. The van der Waals surface area contributed by atoms with E-state index in [9.17, 15) is 8.78 Å². The number of benzene rings is 1. The van der Waals surface area contributed by atoms with Gasteiger partial charge in [0.25, 0.3) is 0 Å². The van der Waals surface area contributed by atoms with E-state index in [0.29, 0.717) is 23.6 Å². The van der Waals surface area contributed by atoms with Crippen molar-refractivity contribution in [3.63, 3.8) is 0 Å². The first-order chi connectivity index (χ1) is 9.78. The zero-order valence-corrected chi connectivity index (χ0v) is 13.2. The van der Waals surface area contributed by atoms with E-state index in [1.54, 1.807) is 0 Å². The fraction of sp³-hybridized carbons (Fsp3) is 0.647. The molecule has 0 radical (unpaired) electrons. The summed E-state index contributed by atoms with van der Waals surface area (Å²) in [5.74, 6) is -1.12. The standard InChI is InChI=1S/C17H26F2N2/c1-17(2)8-6-13(7-9-17)21(3)11-16(20)14-5-4-12(18)10-15(14)19/h4-5,10,13,16H,6-9,11,20H2,1-3H3. The zero-order valence-electron chi connectivity index (χ0n) is 13.2. The monoisotopic (exact) mass is 296 g/mol. The molecule has 1 fully saturated rings. The van der Waals surface area contributed by atoms with Crippen molar-refractivity contribution in [2.24, 2.45) is 11.1 Å². The van der Waals surface area contributed by atoms with Crippen LogP contribution in [0.2, 0.25) is 0 Å². The Kier molecular flexibility index (Phi) is 4.99. The Morgan fingerprint density at radius 2 is 1.90 bits per heavy atom. The average molecular weight is 296 g/mol. The molecule has 2 N–H and O–H groups in total. The molecule has 1 saturated carbocycles. The van der Waals surface area contributed by atoms with E-state index in [1.807, 2.05) is 7.05 Å². The van der Waals surface area contributed by atoms with Crippen molar-refractivity contribution in [3.05, 3.63) is 35.4 Å². The SMILES string of the molecule is CN(CC(N)c1ccc(F)cc1F)C1CCC(C)(C)CC1. The van der Waals surface area contributed by atoms with Crippen LogP contribution >= 0.6 is 0 Å². The van der Waals surface area contributed by atoms with Crippen LogP contribution in [0.4, 0.5) is 8.78 Å². The predicted molar refractivity (Wildman–Crippen MR) is 82.0 cm³/mol. The number of nitrogens with two attached hydrogens (primary N) is 1. The molecule has 0 aliphatic heterocycles. The highest BCUT2D eigenvalue weighted by Gasteiger charge is 2.29. The lowest BCUT2D eigenvalue weighted by Gasteiger charge is -2.39. The van der Waals surface area contributed by atoms with Gasteiger partial charge in [-0.1, -0.05) is 19.9 Å². The largest absolute Gasteiger partial charge is 0.323 e. The van der Waals surface area contributed by atoms with Gasteiger partial charge in [0.15, 0.2) is 0 Å². The Hall–Kier alpha value is -1.00. The number of halogens is 2. The molecule has 1 aromatic carbocycles. The van der Waals surface area contributed by atoms with Crippen LogP contribution in [0.3, 0.4) is 0 Å². The molecule has 0 saturated heterocycles. The molecule has 21 heavy (non-hydrogen) atoms. The highest BCUT2D eigenvalue weighted by atomic mass is 19.1. The van der Waals surface area contributed by atoms with Gasteiger partial charge in [0.05, 0.1) is 0 Å². The first kappa shape index (κ1) is 16.4. The Morgan fingerprint density at radius 1 is 1.29 bits per heavy atom. The summed E-state index contributed by atoms with van der Waals surface area (Å²) in [4.78, 5) is 2.22. The van der Waals surface area contributed by atoms with Crippen molar-refractivity contribution >= 4 is 0 Å². The van der Waals surface area contributed by atoms with E-state index >= 15 is 0 Å². The van der Waals surface area contributed by atoms with E-state index in [2.05, 4.69) is 18.7 Å². The Bertz CT molecular complexity index is 478. The summed E-state index contributed by atoms with van der Waals surface area (Å²) in [7, 11) is 2.05. The van der Waals surface area contributed by atoms with Crippen LogP contribution in [0.1, 0.15) is 51.1 Å². The summed E-state index contributed by atoms with van der Waals surface area (Å²) >= 11 is 0. The van der Waals surface area contributed by atoms with Crippen LogP contribution in [0.15, 0.2) is 18.2 Å². The van der Waals surface area contributed by atoms with Gasteiger partial charge in [0.2, 0.25) is 0 Å². The van der Waals surface area contributed by atoms with Gasteiger partial charge in [0, 0.05) is 30.3 Å². The third kappa shape index (κ3) is 4.24. The summed E-state index contributed by atoms with van der Waals surface area (Å²) in [5.41, 5.74) is 6.92. The minimum absolute atomic E-state index is 0.388. The maximum absolute atomic E-state index is 13.8. The van der Waals surface area contributed by atoms with E-state index in [-0.39, 0.29) is 0 Å². The number of hydrogen-bond donors (Lipinski definition) is 1. The van der Waals surface area contributed by atoms with Gasteiger partial charge in [-0.15, -0.1) is 0 Å². The molecule has 2 nitrogen and oxygen atoms in total. The Balaban J connectivity index is 1.94. The predicted octanol–water partition coefficient (Wildman–Crippen LogP) is 3.87. The normalized spacial score (nSPS) is 20.7. The third-order valence-corrected chi connectivity index (χ3v) is 4.78. The van der Waals surface area contributed by atoms with Crippen molar-refractivity contribution in [2.75, 3.05) is 13.6 Å². The lowest BCUT2D eigenvalue weighted by atomic mass is 9.75. The molecule has 0 spiro atoms. The summed E-state index contributed by atoms with van der Waals surface area (Å²) in [6, 6.07) is 3.70. The Morgan fingerprint density at radius 3 is 2.48 bits per heavy atom. The first-order valence-electron chi connectivity index (χ1n) is 7.69. The maximum Gasteiger partial charge on any atom is 0.130 e. The molecule has 1 aromatic rings. The highest BCUT2D eigenvalue weighted by Crippen LogP contribution is 2.36. The van der Waals surface area contributed by atoms with Crippen molar-refractivity contribution in [2.45, 2.75) is 51.6 Å².